The van der Waals surface area contributed by atoms with E-state index in [4.69, 9.17) is 9.47 Å². The van der Waals surface area contributed by atoms with Crippen LogP contribution in [0.5, 0.6) is 0 Å². The number of rotatable bonds is 7. The van der Waals surface area contributed by atoms with Gasteiger partial charge >= 0.3 is 0 Å². The number of carbonyl (C=O) groups is 1. The Morgan fingerprint density at radius 3 is 2.43 bits per heavy atom. The topological polar surface area (TPSA) is 38.8 Å². The molecular weight excluding hydrogens is 370 g/mol. The minimum atomic E-state index is -0.585. The third kappa shape index (κ3) is 4.66. The molecule has 0 aromatic heterocycles. The molecule has 2 aliphatic heterocycles. The SMILES string of the molecule is O=C(S[C@H]1CCN(CCCC2(c3ccccc3)OCCO2)C1)c1ccccc1. The van der Waals surface area contributed by atoms with Crippen LogP contribution in [0, 0.1) is 0 Å². The van der Waals surface area contributed by atoms with Crippen LogP contribution in [0.25, 0.3) is 0 Å². The van der Waals surface area contributed by atoms with Crippen molar-refractivity contribution in [1.29, 1.82) is 0 Å². The van der Waals surface area contributed by atoms with Gasteiger partial charge in [0.25, 0.3) is 0 Å². The van der Waals surface area contributed by atoms with E-state index in [1.165, 1.54) is 11.8 Å². The number of thioether (sulfide) groups is 1. The van der Waals surface area contributed by atoms with Crippen LogP contribution in [-0.2, 0) is 15.3 Å². The molecule has 0 amide bonds. The van der Waals surface area contributed by atoms with Gasteiger partial charge in [-0.3, -0.25) is 4.79 Å². The Hall–Kier alpha value is -1.66. The van der Waals surface area contributed by atoms with Gasteiger partial charge in [-0.05, 0) is 25.9 Å². The monoisotopic (exact) mass is 397 g/mol. The molecule has 2 aliphatic rings. The van der Waals surface area contributed by atoms with E-state index in [1.54, 1.807) is 0 Å². The van der Waals surface area contributed by atoms with Gasteiger partial charge in [0.15, 0.2) is 5.79 Å². The number of ether oxygens (including phenoxy) is 2. The van der Waals surface area contributed by atoms with Crippen molar-refractivity contribution in [2.24, 2.45) is 0 Å². The van der Waals surface area contributed by atoms with Crippen LogP contribution in [0.1, 0.15) is 35.2 Å². The maximum atomic E-state index is 12.4. The molecule has 28 heavy (non-hydrogen) atoms. The zero-order valence-corrected chi connectivity index (χ0v) is 16.9. The van der Waals surface area contributed by atoms with Crippen LogP contribution in [0.15, 0.2) is 60.7 Å². The van der Waals surface area contributed by atoms with Crippen molar-refractivity contribution in [2.75, 3.05) is 32.8 Å². The van der Waals surface area contributed by atoms with Crippen LogP contribution in [0.3, 0.4) is 0 Å². The molecule has 0 unspecified atom stereocenters. The first-order chi connectivity index (χ1) is 13.8. The molecule has 2 fully saturated rings. The summed E-state index contributed by atoms with van der Waals surface area (Å²) in [5.74, 6) is -0.585. The van der Waals surface area contributed by atoms with Crippen molar-refractivity contribution in [3.63, 3.8) is 0 Å². The Kier molecular flexibility index (Phi) is 6.47. The Labute approximate surface area is 171 Å². The first-order valence-electron chi connectivity index (χ1n) is 10.1. The second-order valence-electron chi connectivity index (χ2n) is 7.40. The Morgan fingerprint density at radius 2 is 1.71 bits per heavy atom. The molecule has 1 atom stereocenters. The van der Waals surface area contributed by atoms with E-state index >= 15 is 0 Å². The first-order valence-corrected chi connectivity index (χ1v) is 10.9. The summed E-state index contributed by atoms with van der Waals surface area (Å²) in [6.07, 6.45) is 2.94. The van der Waals surface area contributed by atoms with Crippen LogP contribution in [0.4, 0.5) is 0 Å². The molecule has 2 heterocycles. The van der Waals surface area contributed by atoms with Crippen LogP contribution < -0.4 is 0 Å². The number of hydrogen-bond donors (Lipinski definition) is 0. The Morgan fingerprint density at radius 1 is 1.04 bits per heavy atom. The van der Waals surface area contributed by atoms with Crippen molar-refractivity contribution >= 4 is 16.9 Å². The molecule has 2 aromatic carbocycles. The maximum Gasteiger partial charge on any atom is 0.219 e. The van der Waals surface area contributed by atoms with E-state index in [0.29, 0.717) is 18.5 Å². The highest BCUT2D eigenvalue weighted by atomic mass is 32.2. The normalized spacial score (nSPS) is 21.8. The standard InChI is InChI=1S/C23H27NO3S/c25-22(19-8-3-1-4-9-19)28-21-12-15-24(18-21)14-7-13-23(26-16-17-27-23)20-10-5-2-6-11-20/h1-6,8-11,21H,7,12-18H2/t21-/m0/s1. The second-order valence-corrected chi connectivity index (χ2v) is 8.68. The van der Waals surface area contributed by atoms with Gasteiger partial charge in [0.05, 0.1) is 13.2 Å². The molecule has 2 saturated heterocycles. The predicted octanol–water partition coefficient (Wildman–Crippen LogP) is 4.31. The molecule has 0 saturated carbocycles. The highest BCUT2D eigenvalue weighted by Crippen LogP contribution is 2.36. The predicted molar refractivity (Wildman–Crippen MR) is 112 cm³/mol. The number of nitrogens with zero attached hydrogens (tertiary/aromatic N) is 1. The maximum absolute atomic E-state index is 12.4. The lowest BCUT2D eigenvalue weighted by atomic mass is 10.0. The molecule has 0 radical (unpaired) electrons. The fraction of sp³-hybridized carbons (Fsp3) is 0.435. The van der Waals surface area contributed by atoms with Gasteiger partial charge in [-0.1, -0.05) is 72.4 Å². The molecule has 148 valence electrons. The first kappa shape index (κ1) is 19.6. The van der Waals surface area contributed by atoms with E-state index in [0.717, 1.165) is 50.0 Å². The molecule has 0 aliphatic carbocycles. The number of carbonyl (C=O) groups excluding carboxylic acids is 1. The third-order valence-corrected chi connectivity index (χ3v) is 6.63. The van der Waals surface area contributed by atoms with E-state index in [9.17, 15) is 4.79 Å². The molecule has 4 rings (SSSR count). The molecule has 0 N–H and O–H groups in total. The van der Waals surface area contributed by atoms with Crippen molar-refractivity contribution in [2.45, 2.75) is 30.3 Å². The summed E-state index contributed by atoms with van der Waals surface area (Å²) in [5, 5.41) is 0.568. The molecule has 0 bridgehead atoms. The largest absolute Gasteiger partial charge is 0.343 e. The average molecular weight is 398 g/mol. The van der Waals surface area contributed by atoms with E-state index in [2.05, 4.69) is 17.0 Å². The van der Waals surface area contributed by atoms with Crippen LogP contribution in [0.2, 0.25) is 0 Å². The summed E-state index contributed by atoms with van der Waals surface area (Å²) in [5.41, 5.74) is 1.90. The van der Waals surface area contributed by atoms with E-state index in [1.807, 2.05) is 48.5 Å². The van der Waals surface area contributed by atoms with Crippen molar-refractivity contribution < 1.29 is 14.3 Å². The van der Waals surface area contributed by atoms with E-state index < -0.39 is 5.79 Å². The zero-order chi connectivity index (χ0) is 19.2. The quantitative estimate of drug-likeness (QED) is 0.696. The lowest BCUT2D eigenvalue weighted by Gasteiger charge is -2.28. The average Bonchev–Trinajstić information content (AvgIpc) is 3.40. The van der Waals surface area contributed by atoms with Gasteiger partial charge in [0, 0.05) is 29.3 Å². The van der Waals surface area contributed by atoms with Gasteiger partial charge < -0.3 is 14.4 Å². The van der Waals surface area contributed by atoms with Crippen LogP contribution in [-0.4, -0.2) is 48.1 Å². The summed E-state index contributed by atoms with van der Waals surface area (Å²) in [7, 11) is 0. The van der Waals surface area contributed by atoms with Gasteiger partial charge in [0.2, 0.25) is 5.12 Å². The molecule has 5 heteroatoms. The summed E-state index contributed by atoms with van der Waals surface area (Å²) >= 11 is 1.49. The number of benzene rings is 2. The highest BCUT2D eigenvalue weighted by Gasteiger charge is 2.38. The minimum Gasteiger partial charge on any atom is -0.343 e. The Bertz CT molecular complexity index is 762. The van der Waals surface area contributed by atoms with Gasteiger partial charge in [-0.2, -0.15) is 0 Å². The molecule has 0 spiro atoms. The van der Waals surface area contributed by atoms with E-state index in [-0.39, 0.29) is 5.12 Å². The highest BCUT2D eigenvalue weighted by molar-refractivity contribution is 8.14. The van der Waals surface area contributed by atoms with Gasteiger partial charge in [0.1, 0.15) is 0 Å². The fourth-order valence-corrected chi connectivity index (χ4v) is 5.11. The molecule has 2 aromatic rings. The van der Waals surface area contributed by atoms with Crippen molar-refractivity contribution in [1.82, 2.24) is 4.90 Å². The molecular formula is C23H27NO3S. The lowest BCUT2D eigenvalue weighted by molar-refractivity contribution is -0.172. The zero-order valence-electron chi connectivity index (χ0n) is 16.1. The Balaban J connectivity index is 1.25. The van der Waals surface area contributed by atoms with Gasteiger partial charge in [-0.15, -0.1) is 0 Å². The second kappa shape index (κ2) is 9.23. The fourth-order valence-electron chi connectivity index (χ4n) is 4.03. The number of hydrogen-bond acceptors (Lipinski definition) is 5. The molecule has 4 nitrogen and oxygen atoms in total. The number of likely N-dealkylation sites (tertiary alicyclic amines) is 1. The van der Waals surface area contributed by atoms with Gasteiger partial charge in [-0.25, -0.2) is 0 Å². The summed E-state index contributed by atoms with van der Waals surface area (Å²) in [6.45, 7) is 4.35. The van der Waals surface area contributed by atoms with Crippen LogP contribution >= 0.6 is 11.8 Å². The lowest BCUT2D eigenvalue weighted by Crippen LogP contribution is -2.30. The summed E-state index contributed by atoms with van der Waals surface area (Å²) in [6, 6.07) is 19.8. The summed E-state index contributed by atoms with van der Waals surface area (Å²) in [4.78, 5) is 14.9. The van der Waals surface area contributed by atoms with Crippen molar-refractivity contribution in [3.8, 4) is 0 Å². The summed E-state index contributed by atoms with van der Waals surface area (Å²) < 4.78 is 12.0. The smallest absolute Gasteiger partial charge is 0.219 e. The minimum absolute atomic E-state index is 0.184. The van der Waals surface area contributed by atoms with Crippen molar-refractivity contribution in [3.05, 3.63) is 71.8 Å². The third-order valence-electron chi connectivity index (χ3n) is 5.46.